The molecule has 0 spiro atoms. The molecule has 7 nitrogen and oxygen atoms in total. The molecular weight excluding hydrogens is 230 g/mol. The highest BCUT2D eigenvalue weighted by atomic mass is 32.1. The number of hydrogen-bond donors (Lipinski definition) is 2. The van der Waals surface area contributed by atoms with Crippen molar-refractivity contribution >= 4 is 23.3 Å². The highest BCUT2D eigenvalue weighted by Crippen LogP contribution is 2.11. The third-order valence-corrected chi connectivity index (χ3v) is 2.58. The molecule has 2 aromatic rings. The molecular formula is C8H9N5O2S. The third kappa shape index (κ3) is 2.23. The van der Waals surface area contributed by atoms with E-state index in [0.717, 1.165) is 0 Å². The molecule has 2 heterocycles. The van der Waals surface area contributed by atoms with Crippen molar-refractivity contribution in [1.82, 2.24) is 15.1 Å². The first-order chi connectivity index (χ1) is 7.69. The second kappa shape index (κ2) is 4.37. The lowest BCUT2D eigenvalue weighted by atomic mass is 10.4. The molecule has 1 amide bonds. The molecule has 16 heavy (non-hydrogen) atoms. The Morgan fingerprint density at radius 3 is 3.00 bits per heavy atom. The van der Waals surface area contributed by atoms with Crippen LogP contribution in [-0.2, 0) is 6.54 Å². The minimum Gasteiger partial charge on any atom is -0.325 e. The fourth-order valence-corrected chi connectivity index (χ4v) is 1.67. The van der Waals surface area contributed by atoms with Crippen LogP contribution < -0.4 is 11.1 Å². The van der Waals surface area contributed by atoms with Crippen molar-refractivity contribution in [2.24, 2.45) is 5.73 Å². The number of aromatic nitrogens is 3. The second-order valence-electron chi connectivity index (χ2n) is 2.93. The van der Waals surface area contributed by atoms with Crippen molar-refractivity contribution in [3.63, 3.8) is 0 Å². The van der Waals surface area contributed by atoms with Gasteiger partial charge in [0.1, 0.15) is 10.7 Å². The summed E-state index contributed by atoms with van der Waals surface area (Å²) in [6.07, 6.45) is 0. The summed E-state index contributed by atoms with van der Waals surface area (Å²) in [5.74, 6) is 0.0656. The van der Waals surface area contributed by atoms with Gasteiger partial charge in [0.25, 0.3) is 5.91 Å². The number of nitrogens with two attached hydrogens (primary N) is 1. The molecule has 0 aliphatic rings. The van der Waals surface area contributed by atoms with Crippen molar-refractivity contribution < 1.29 is 9.32 Å². The van der Waals surface area contributed by atoms with Gasteiger partial charge < -0.3 is 10.3 Å². The van der Waals surface area contributed by atoms with Crippen LogP contribution in [0.5, 0.6) is 0 Å². The van der Waals surface area contributed by atoms with Gasteiger partial charge in [-0.15, -0.1) is 11.3 Å². The number of carbonyl (C=O) groups is 1. The largest absolute Gasteiger partial charge is 0.328 e. The monoisotopic (exact) mass is 239 g/mol. The zero-order valence-electron chi connectivity index (χ0n) is 8.43. The summed E-state index contributed by atoms with van der Waals surface area (Å²) in [5.41, 5.74) is 5.69. The molecule has 0 atom stereocenters. The highest BCUT2D eigenvalue weighted by Gasteiger charge is 2.13. The summed E-state index contributed by atoms with van der Waals surface area (Å²) in [6.45, 7) is 1.98. The standard InChI is InChI=1S/C8H9N5O2S/c1-4-10-8(15-13-4)12-7(14)5-3-16-6(2-9)11-5/h3H,2,9H2,1H3,(H,10,12,13,14). The predicted octanol–water partition coefficient (Wildman–Crippen LogP) is 0.546. The number of thiazole rings is 1. The van der Waals surface area contributed by atoms with Crippen LogP contribution >= 0.6 is 11.3 Å². The predicted molar refractivity (Wildman–Crippen MR) is 57.0 cm³/mol. The highest BCUT2D eigenvalue weighted by molar-refractivity contribution is 7.09. The maximum Gasteiger partial charge on any atom is 0.328 e. The summed E-state index contributed by atoms with van der Waals surface area (Å²) in [6, 6.07) is 0.0600. The zero-order chi connectivity index (χ0) is 11.5. The fourth-order valence-electron chi connectivity index (χ4n) is 1.02. The van der Waals surface area contributed by atoms with Crippen LogP contribution in [0.1, 0.15) is 21.3 Å². The number of aryl methyl sites for hydroxylation is 1. The number of anilines is 1. The van der Waals surface area contributed by atoms with Gasteiger partial charge in [-0.25, -0.2) is 4.98 Å². The SMILES string of the molecule is Cc1noc(NC(=O)c2csc(CN)n2)n1. The molecule has 0 aliphatic heterocycles. The van der Waals surface area contributed by atoms with Gasteiger partial charge in [0.2, 0.25) is 0 Å². The lowest BCUT2D eigenvalue weighted by molar-refractivity contribution is 0.101. The van der Waals surface area contributed by atoms with E-state index in [1.54, 1.807) is 12.3 Å². The average molecular weight is 239 g/mol. The molecule has 0 unspecified atom stereocenters. The molecule has 0 fully saturated rings. The van der Waals surface area contributed by atoms with E-state index in [-0.39, 0.29) is 11.9 Å². The van der Waals surface area contributed by atoms with Gasteiger partial charge in [-0.1, -0.05) is 5.16 Å². The minimum absolute atomic E-state index is 0.0600. The first-order valence-electron chi connectivity index (χ1n) is 4.45. The molecule has 0 saturated carbocycles. The third-order valence-electron chi connectivity index (χ3n) is 1.71. The van der Waals surface area contributed by atoms with Crippen molar-refractivity contribution in [2.45, 2.75) is 13.5 Å². The first kappa shape index (κ1) is 10.7. The van der Waals surface area contributed by atoms with Gasteiger partial charge in [0, 0.05) is 11.9 Å². The molecule has 0 aliphatic carbocycles. The van der Waals surface area contributed by atoms with Gasteiger partial charge in [-0.05, 0) is 6.92 Å². The molecule has 2 rings (SSSR count). The van der Waals surface area contributed by atoms with Crippen molar-refractivity contribution in [1.29, 1.82) is 0 Å². The van der Waals surface area contributed by atoms with E-state index < -0.39 is 0 Å². The number of nitrogens with zero attached hydrogens (tertiary/aromatic N) is 3. The summed E-state index contributed by atoms with van der Waals surface area (Å²) in [4.78, 5) is 19.5. The van der Waals surface area contributed by atoms with Crippen LogP contribution in [0.4, 0.5) is 6.01 Å². The van der Waals surface area contributed by atoms with Crippen molar-refractivity contribution in [3.05, 3.63) is 21.9 Å². The summed E-state index contributed by atoms with van der Waals surface area (Å²) >= 11 is 1.33. The van der Waals surface area contributed by atoms with Crippen LogP contribution in [0, 0.1) is 6.92 Å². The second-order valence-corrected chi connectivity index (χ2v) is 3.87. The van der Waals surface area contributed by atoms with Gasteiger partial charge >= 0.3 is 6.01 Å². The summed E-state index contributed by atoms with van der Waals surface area (Å²) in [5, 5.41) is 8.31. The van der Waals surface area contributed by atoms with Crippen molar-refractivity contribution in [2.75, 3.05) is 5.32 Å². The van der Waals surface area contributed by atoms with Crippen LogP contribution in [0.3, 0.4) is 0 Å². The van der Waals surface area contributed by atoms with Crippen LogP contribution in [0.2, 0.25) is 0 Å². The van der Waals surface area contributed by atoms with E-state index in [2.05, 4.69) is 20.4 Å². The molecule has 2 aromatic heterocycles. The average Bonchev–Trinajstić information content (AvgIpc) is 2.87. The number of nitrogens with one attached hydrogen (secondary N) is 1. The van der Waals surface area contributed by atoms with Crippen LogP contribution in [-0.4, -0.2) is 21.0 Å². The topological polar surface area (TPSA) is 107 Å². The number of rotatable bonds is 3. The first-order valence-corrected chi connectivity index (χ1v) is 5.33. The number of amides is 1. The molecule has 84 valence electrons. The van der Waals surface area contributed by atoms with E-state index in [1.807, 2.05) is 0 Å². The molecule has 0 bridgehead atoms. The Labute approximate surface area is 94.7 Å². The smallest absolute Gasteiger partial charge is 0.325 e. The van der Waals surface area contributed by atoms with Gasteiger partial charge in [-0.3, -0.25) is 10.1 Å². The maximum absolute atomic E-state index is 11.6. The molecule has 0 radical (unpaired) electrons. The zero-order valence-corrected chi connectivity index (χ0v) is 9.24. The van der Waals surface area contributed by atoms with E-state index in [9.17, 15) is 4.79 Å². The Morgan fingerprint density at radius 2 is 2.44 bits per heavy atom. The van der Waals surface area contributed by atoms with E-state index in [1.165, 1.54) is 11.3 Å². The Hall–Kier alpha value is -1.80. The lowest BCUT2D eigenvalue weighted by Gasteiger charge is -1.94. The van der Waals surface area contributed by atoms with Crippen LogP contribution in [0.25, 0.3) is 0 Å². The molecule has 3 N–H and O–H groups in total. The van der Waals surface area contributed by atoms with Gasteiger partial charge in [0.15, 0.2) is 5.82 Å². The molecule has 0 saturated heterocycles. The molecule has 8 heteroatoms. The fraction of sp³-hybridized carbons (Fsp3) is 0.250. The van der Waals surface area contributed by atoms with Gasteiger partial charge in [-0.2, -0.15) is 4.98 Å². The van der Waals surface area contributed by atoms with Crippen molar-refractivity contribution in [3.8, 4) is 0 Å². The Bertz CT molecular complexity index is 506. The lowest BCUT2D eigenvalue weighted by Crippen LogP contribution is -2.13. The van der Waals surface area contributed by atoms with E-state index in [4.69, 9.17) is 10.3 Å². The molecule has 0 aromatic carbocycles. The van der Waals surface area contributed by atoms with Gasteiger partial charge in [0.05, 0.1) is 0 Å². The summed E-state index contributed by atoms with van der Waals surface area (Å²) in [7, 11) is 0. The Balaban J connectivity index is 2.08. The normalized spacial score (nSPS) is 10.4. The summed E-state index contributed by atoms with van der Waals surface area (Å²) < 4.78 is 4.75. The number of carbonyl (C=O) groups excluding carboxylic acids is 1. The van der Waals surface area contributed by atoms with E-state index in [0.29, 0.717) is 23.1 Å². The Morgan fingerprint density at radius 1 is 1.62 bits per heavy atom. The Kier molecular flexibility index (Phi) is 2.93. The van der Waals surface area contributed by atoms with E-state index >= 15 is 0 Å². The minimum atomic E-state index is -0.389. The quantitative estimate of drug-likeness (QED) is 0.809. The number of hydrogen-bond acceptors (Lipinski definition) is 7. The maximum atomic E-state index is 11.6. The van der Waals surface area contributed by atoms with Crippen LogP contribution in [0.15, 0.2) is 9.90 Å².